The van der Waals surface area contributed by atoms with Crippen LogP contribution in [0.1, 0.15) is 42.6 Å². The molecule has 0 saturated heterocycles. The first-order chi connectivity index (χ1) is 14.1. The van der Waals surface area contributed by atoms with Crippen molar-refractivity contribution in [2.75, 3.05) is 7.11 Å². The molecule has 0 radical (unpaired) electrons. The third-order valence-corrected chi connectivity index (χ3v) is 5.09. The summed E-state index contributed by atoms with van der Waals surface area (Å²) in [6, 6.07) is 11.4. The van der Waals surface area contributed by atoms with Gasteiger partial charge in [-0.25, -0.2) is 9.78 Å². The molecule has 0 saturated carbocycles. The number of esters is 1. The number of imidazole rings is 1. The van der Waals surface area contributed by atoms with E-state index in [1.165, 1.54) is 7.11 Å². The third-order valence-electron chi connectivity index (χ3n) is 4.72. The summed E-state index contributed by atoms with van der Waals surface area (Å²) in [5.41, 5.74) is 2.35. The van der Waals surface area contributed by atoms with Gasteiger partial charge < -0.3 is 13.7 Å². The minimum absolute atomic E-state index is 0.348. The molecular weight excluding hydrogens is 388 g/mol. The van der Waals surface area contributed by atoms with Gasteiger partial charge in [0.05, 0.1) is 31.8 Å². The van der Waals surface area contributed by atoms with Crippen molar-refractivity contribution in [3.05, 3.63) is 82.3 Å². The molecule has 1 aromatic carbocycles. The smallest absolute Gasteiger partial charge is 0.334 e. The van der Waals surface area contributed by atoms with Crippen LogP contribution in [0.2, 0.25) is 5.02 Å². The van der Waals surface area contributed by atoms with Gasteiger partial charge in [-0.1, -0.05) is 43.1 Å². The van der Waals surface area contributed by atoms with Crippen molar-refractivity contribution in [1.82, 2.24) is 9.55 Å². The highest BCUT2D eigenvalue weighted by molar-refractivity contribution is 6.31. The van der Waals surface area contributed by atoms with Crippen LogP contribution in [-0.4, -0.2) is 22.6 Å². The van der Waals surface area contributed by atoms with E-state index in [-0.39, 0.29) is 5.97 Å². The number of ether oxygens (including phenoxy) is 1. The predicted molar refractivity (Wildman–Crippen MR) is 114 cm³/mol. The van der Waals surface area contributed by atoms with Crippen LogP contribution in [0.3, 0.4) is 0 Å². The number of benzene rings is 1. The molecule has 0 atom stereocenters. The Kier molecular flexibility index (Phi) is 7.30. The number of hydrogen-bond acceptors (Lipinski definition) is 4. The van der Waals surface area contributed by atoms with Crippen LogP contribution in [0.15, 0.2) is 58.8 Å². The number of halogens is 1. The zero-order valence-electron chi connectivity index (χ0n) is 16.7. The highest BCUT2D eigenvalue weighted by Crippen LogP contribution is 2.21. The van der Waals surface area contributed by atoms with Crippen LogP contribution in [-0.2, 0) is 28.9 Å². The molecule has 29 heavy (non-hydrogen) atoms. The van der Waals surface area contributed by atoms with E-state index >= 15 is 0 Å². The van der Waals surface area contributed by atoms with Crippen LogP contribution in [0, 0.1) is 0 Å². The van der Waals surface area contributed by atoms with Crippen molar-refractivity contribution >= 4 is 23.6 Å². The second-order valence-corrected chi connectivity index (χ2v) is 7.20. The molecule has 0 N–H and O–H groups in total. The summed E-state index contributed by atoms with van der Waals surface area (Å²) in [6.45, 7) is 2.74. The van der Waals surface area contributed by atoms with Crippen LogP contribution in [0.5, 0.6) is 0 Å². The van der Waals surface area contributed by atoms with Crippen molar-refractivity contribution in [3.63, 3.8) is 0 Å². The number of methoxy groups -OCH3 is 1. The highest BCUT2D eigenvalue weighted by atomic mass is 35.5. The summed E-state index contributed by atoms with van der Waals surface area (Å²) >= 11 is 6.39. The summed E-state index contributed by atoms with van der Waals surface area (Å²) in [6.07, 6.45) is 8.55. The molecule has 5 nitrogen and oxygen atoms in total. The van der Waals surface area contributed by atoms with E-state index in [1.807, 2.05) is 36.4 Å². The fourth-order valence-electron chi connectivity index (χ4n) is 3.15. The van der Waals surface area contributed by atoms with E-state index in [9.17, 15) is 4.79 Å². The number of nitrogens with zero attached hydrogens (tertiary/aromatic N) is 2. The van der Waals surface area contributed by atoms with Crippen molar-refractivity contribution in [1.29, 1.82) is 0 Å². The lowest BCUT2D eigenvalue weighted by Gasteiger charge is -2.13. The molecule has 0 bridgehead atoms. The monoisotopic (exact) mass is 412 g/mol. The van der Waals surface area contributed by atoms with Crippen LogP contribution in [0.4, 0.5) is 0 Å². The standard InChI is InChI=1S/C23H25ClN2O3/c1-3-4-11-22-25-15-19(26(22)16-17-8-5-6-10-21(17)24)13-18(23(27)28-2)14-20-9-7-12-29-20/h5-10,12-13,15H,3-4,11,14,16H2,1-2H3/b18-13-. The average molecular weight is 413 g/mol. The summed E-state index contributed by atoms with van der Waals surface area (Å²) in [7, 11) is 1.38. The van der Waals surface area contributed by atoms with E-state index < -0.39 is 0 Å². The summed E-state index contributed by atoms with van der Waals surface area (Å²) < 4.78 is 12.5. The normalized spacial score (nSPS) is 11.6. The number of aromatic nitrogens is 2. The molecule has 0 amide bonds. The maximum atomic E-state index is 12.4. The Hall–Kier alpha value is -2.79. The topological polar surface area (TPSA) is 57.3 Å². The van der Waals surface area contributed by atoms with Crippen LogP contribution >= 0.6 is 11.6 Å². The first-order valence-corrected chi connectivity index (χ1v) is 10.1. The number of aryl methyl sites for hydroxylation is 1. The van der Waals surface area contributed by atoms with Gasteiger partial charge in [-0.05, 0) is 36.3 Å². The van der Waals surface area contributed by atoms with E-state index in [4.69, 9.17) is 20.8 Å². The van der Waals surface area contributed by atoms with Crippen molar-refractivity contribution in [3.8, 4) is 0 Å². The molecule has 0 fully saturated rings. The van der Waals surface area contributed by atoms with Crippen molar-refractivity contribution < 1.29 is 13.9 Å². The molecule has 2 aromatic heterocycles. The Bertz CT molecular complexity index is 974. The Morgan fingerprint density at radius 3 is 2.79 bits per heavy atom. The largest absolute Gasteiger partial charge is 0.469 e. The zero-order valence-corrected chi connectivity index (χ0v) is 17.5. The molecule has 3 rings (SSSR count). The van der Waals surface area contributed by atoms with Gasteiger partial charge in [-0.3, -0.25) is 0 Å². The summed E-state index contributed by atoms with van der Waals surface area (Å²) in [5.74, 6) is 1.28. The molecule has 0 unspecified atom stereocenters. The number of rotatable bonds is 9. The van der Waals surface area contributed by atoms with Gasteiger partial charge in [0.2, 0.25) is 0 Å². The maximum Gasteiger partial charge on any atom is 0.334 e. The van der Waals surface area contributed by atoms with Crippen molar-refractivity contribution in [2.45, 2.75) is 39.2 Å². The summed E-state index contributed by atoms with van der Waals surface area (Å²) in [4.78, 5) is 17.0. The molecule has 152 valence electrons. The van der Waals surface area contributed by atoms with Crippen LogP contribution < -0.4 is 0 Å². The lowest BCUT2D eigenvalue weighted by atomic mass is 10.1. The summed E-state index contributed by atoms with van der Waals surface area (Å²) in [5, 5.41) is 0.710. The number of unbranched alkanes of at least 4 members (excludes halogenated alkanes) is 1. The van der Waals surface area contributed by atoms with E-state index in [1.54, 1.807) is 18.5 Å². The van der Waals surface area contributed by atoms with Gasteiger partial charge in [0.15, 0.2) is 0 Å². The highest BCUT2D eigenvalue weighted by Gasteiger charge is 2.16. The molecule has 0 aliphatic heterocycles. The quantitative estimate of drug-likeness (QED) is 0.352. The molecule has 2 heterocycles. The first-order valence-electron chi connectivity index (χ1n) is 9.71. The molecule has 0 aliphatic carbocycles. The van der Waals surface area contributed by atoms with E-state index in [2.05, 4.69) is 16.5 Å². The average Bonchev–Trinajstić information content (AvgIpc) is 3.37. The Morgan fingerprint density at radius 2 is 2.10 bits per heavy atom. The maximum absolute atomic E-state index is 12.4. The van der Waals surface area contributed by atoms with E-state index in [0.29, 0.717) is 29.3 Å². The lowest BCUT2D eigenvalue weighted by Crippen LogP contribution is -2.10. The molecule has 6 heteroatoms. The number of carbonyl (C=O) groups excluding carboxylic acids is 1. The zero-order chi connectivity index (χ0) is 20.6. The second-order valence-electron chi connectivity index (χ2n) is 6.80. The van der Waals surface area contributed by atoms with Gasteiger partial charge in [-0.15, -0.1) is 0 Å². The number of carbonyl (C=O) groups is 1. The van der Waals surface area contributed by atoms with Crippen LogP contribution in [0.25, 0.3) is 6.08 Å². The van der Waals surface area contributed by atoms with Gasteiger partial charge in [0.1, 0.15) is 11.6 Å². The SMILES string of the molecule is CCCCc1ncc(/C=C(/Cc2ccco2)C(=O)OC)n1Cc1ccccc1Cl. The Balaban J connectivity index is 1.99. The fraction of sp³-hybridized carbons (Fsp3) is 0.304. The Labute approximate surface area is 176 Å². The van der Waals surface area contributed by atoms with Gasteiger partial charge in [0.25, 0.3) is 0 Å². The first kappa shape index (κ1) is 20.9. The fourth-order valence-corrected chi connectivity index (χ4v) is 3.35. The number of furan rings is 1. The third kappa shape index (κ3) is 5.39. The van der Waals surface area contributed by atoms with Gasteiger partial charge >= 0.3 is 5.97 Å². The minimum atomic E-state index is -0.387. The van der Waals surface area contributed by atoms with Crippen molar-refractivity contribution in [2.24, 2.45) is 0 Å². The lowest BCUT2D eigenvalue weighted by molar-refractivity contribution is -0.136. The van der Waals surface area contributed by atoms with Gasteiger partial charge in [-0.2, -0.15) is 0 Å². The second kappa shape index (κ2) is 10.1. The van der Waals surface area contributed by atoms with Gasteiger partial charge in [0, 0.05) is 23.4 Å². The predicted octanol–water partition coefficient (Wildman–Crippen LogP) is 5.32. The molecule has 0 spiro atoms. The minimum Gasteiger partial charge on any atom is -0.469 e. The molecule has 3 aromatic rings. The Morgan fingerprint density at radius 1 is 1.28 bits per heavy atom. The molecule has 0 aliphatic rings. The molecular formula is C23H25ClN2O3. The number of hydrogen-bond donors (Lipinski definition) is 0. The van der Waals surface area contributed by atoms with E-state index in [0.717, 1.165) is 36.3 Å².